The molecule has 1 fully saturated rings. The summed E-state index contributed by atoms with van der Waals surface area (Å²) in [4.78, 5) is 0. The van der Waals surface area contributed by atoms with Crippen molar-refractivity contribution in [3.63, 3.8) is 0 Å². The first kappa shape index (κ1) is 9.05. The Hall–Kier alpha value is -0.0400. The van der Waals surface area contributed by atoms with Gasteiger partial charge in [0.2, 0.25) is 0 Å². The first-order chi connectivity index (χ1) is 5.01. The molecule has 1 aliphatic carbocycles. The standard InChI is InChI=1S/C10H21N/c1-8-5-4-6-10(2,3)7-9(8)11/h8-9H,4-7,11H2,1-3H3/t8-,9-/m1/s1. The van der Waals surface area contributed by atoms with Crippen LogP contribution in [0.25, 0.3) is 0 Å². The average Bonchev–Trinajstić information content (AvgIpc) is 1.93. The zero-order valence-corrected chi connectivity index (χ0v) is 8.06. The monoisotopic (exact) mass is 155 g/mol. The molecule has 0 aromatic carbocycles. The zero-order chi connectivity index (χ0) is 8.48. The lowest BCUT2D eigenvalue weighted by atomic mass is 9.83. The second-order valence-corrected chi connectivity index (χ2v) is 4.90. The summed E-state index contributed by atoms with van der Waals surface area (Å²) in [6.07, 6.45) is 5.24. The van der Waals surface area contributed by atoms with Gasteiger partial charge in [0.15, 0.2) is 0 Å². The Bertz CT molecular complexity index is 129. The van der Waals surface area contributed by atoms with E-state index in [0.29, 0.717) is 11.5 Å². The van der Waals surface area contributed by atoms with E-state index in [1.54, 1.807) is 0 Å². The van der Waals surface area contributed by atoms with E-state index in [-0.39, 0.29) is 0 Å². The van der Waals surface area contributed by atoms with Crippen molar-refractivity contribution in [1.29, 1.82) is 0 Å². The van der Waals surface area contributed by atoms with Crippen LogP contribution in [0.4, 0.5) is 0 Å². The highest BCUT2D eigenvalue weighted by molar-refractivity contribution is 4.82. The van der Waals surface area contributed by atoms with Gasteiger partial charge in [-0.25, -0.2) is 0 Å². The van der Waals surface area contributed by atoms with Crippen molar-refractivity contribution in [2.24, 2.45) is 17.1 Å². The van der Waals surface area contributed by atoms with Crippen LogP contribution in [0.3, 0.4) is 0 Å². The molecule has 11 heavy (non-hydrogen) atoms. The molecule has 0 radical (unpaired) electrons. The molecule has 1 rings (SSSR count). The molecule has 1 heteroatoms. The van der Waals surface area contributed by atoms with Crippen molar-refractivity contribution >= 4 is 0 Å². The minimum atomic E-state index is 0.437. The number of hydrogen-bond donors (Lipinski definition) is 1. The van der Waals surface area contributed by atoms with Gasteiger partial charge in [0.25, 0.3) is 0 Å². The Kier molecular flexibility index (Phi) is 2.58. The molecular weight excluding hydrogens is 134 g/mol. The summed E-state index contributed by atoms with van der Waals surface area (Å²) in [6, 6.07) is 0.437. The topological polar surface area (TPSA) is 26.0 Å². The predicted molar refractivity (Wildman–Crippen MR) is 49.4 cm³/mol. The minimum Gasteiger partial charge on any atom is -0.327 e. The van der Waals surface area contributed by atoms with Crippen molar-refractivity contribution < 1.29 is 0 Å². The van der Waals surface area contributed by atoms with Crippen LogP contribution < -0.4 is 5.73 Å². The van der Waals surface area contributed by atoms with Gasteiger partial charge in [0, 0.05) is 6.04 Å². The van der Waals surface area contributed by atoms with Gasteiger partial charge in [0.1, 0.15) is 0 Å². The first-order valence-corrected chi connectivity index (χ1v) is 4.77. The summed E-state index contributed by atoms with van der Waals surface area (Å²) < 4.78 is 0. The molecule has 0 aromatic heterocycles. The van der Waals surface area contributed by atoms with Gasteiger partial charge in [0.05, 0.1) is 0 Å². The van der Waals surface area contributed by atoms with Gasteiger partial charge in [-0.2, -0.15) is 0 Å². The SMILES string of the molecule is C[C@@H]1CCCC(C)(C)C[C@H]1N. The maximum atomic E-state index is 6.05. The Balaban J connectivity index is 2.55. The number of rotatable bonds is 0. The molecule has 0 spiro atoms. The van der Waals surface area contributed by atoms with E-state index in [1.807, 2.05) is 0 Å². The van der Waals surface area contributed by atoms with E-state index in [4.69, 9.17) is 5.73 Å². The molecule has 0 amide bonds. The molecule has 1 nitrogen and oxygen atoms in total. The second kappa shape index (κ2) is 3.14. The molecule has 0 heterocycles. The van der Waals surface area contributed by atoms with Gasteiger partial charge >= 0.3 is 0 Å². The molecule has 2 atom stereocenters. The summed E-state index contributed by atoms with van der Waals surface area (Å²) in [5, 5.41) is 0. The smallest absolute Gasteiger partial charge is 0.00696 e. The lowest BCUT2D eigenvalue weighted by molar-refractivity contribution is 0.287. The molecule has 1 saturated carbocycles. The van der Waals surface area contributed by atoms with Gasteiger partial charge < -0.3 is 5.73 Å². The molecule has 66 valence electrons. The van der Waals surface area contributed by atoms with Gasteiger partial charge in [-0.05, 0) is 30.6 Å². The van der Waals surface area contributed by atoms with E-state index in [2.05, 4.69) is 20.8 Å². The van der Waals surface area contributed by atoms with Crippen LogP contribution in [0, 0.1) is 11.3 Å². The number of nitrogens with two attached hydrogens (primary N) is 1. The first-order valence-electron chi connectivity index (χ1n) is 4.77. The maximum Gasteiger partial charge on any atom is 0.00696 e. The molecule has 0 unspecified atom stereocenters. The lowest BCUT2D eigenvalue weighted by Gasteiger charge is -2.25. The molecule has 1 aliphatic rings. The summed E-state index contributed by atoms with van der Waals surface area (Å²) in [5.74, 6) is 0.733. The van der Waals surface area contributed by atoms with Crippen molar-refractivity contribution in [1.82, 2.24) is 0 Å². The highest BCUT2D eigenvalue weighted by Gasteiger charge is 2.27. The normalized spacial score (nSPS) is 38.2. The second-order valence-electron chi connectivity index (χ2n) is 4.90. The Morgan fingerprint density at radius 2 is 2.00 bits per heavy atom. The molecule has 2 N–H and O–H groups in total. The van der Waals surface area contributed by atoms with Crippen LogP contribution >= 0.6 is 0 Å². The van der Waals surface area contributed by atoms with E-state index >= 15 is 0 Å². The summed E-state index contributed by atoms with van der Waals surface area (Å²) >= 11 is 0. The van der Waals surface area contributed by atoms with E-state index in [0.717, 1.165) is 5.92 Å². The third-order valence-corrected chi connectivity index (χ3v) is 3.03. The van der Waals surface area contributed by atoms with Crippen molar-refractivity contribution in [2.45, 2.75) is 52.5 Å². The number of hydrogen-bond acceptors (Lipinski definition) is 1. The highest BCUT2D eigenvalue weighted by Crippen LogP contribution is 2.35. The Labute approximate surface area is 70.4 Å². The predicted octanol–water partition coefficient (Wildman–Crippen LogP) is 2.55. The van der Waals surface area contributed by atoms with Crippen LogP contribution in [0.1, 0.15) is 46.5 Å². The van der Waals surface area contributed by atoms with Crippen LogP contribution in [0.5, 0.6) is 0 Å². The molecular formula is C10H21N. The highest BCUT2D eigenvalue weighted by atomic mass is 14.7. The largest absolute Gasteiger partial charge is 0.327 e. The van der Waals surface area contributed by atoms with Crippen molar-refractivity contribution in [2.75, 3.05) is 0 Å². The van der Waals surface area contributed by atoms with E-state index in [1.165, 1.54) is 25.7 Å². The third kappa shape index (κ3) is 2.48. The summed E-state index contributed by atoms with van der Waals surface area (Å²) in [5.41, 5.74) is 6.54. The minimum absolute atomic E-state index is 0.437. The van der Waals surface area contributed by atoms with Crippen LogP contribution in [-0.2, 0) is 0 Å². The van der Waals surface area contributed by atoms with Crippen LogP contribution in [0.2, 0.25) is 0 Å². The van der Waals surface area contributed by atoms with Crippen molar-refractivity contribution in [3.8, 4) is 0 Å². The summed E-state index contributed by atoms with van der Waals surface area (Å²) in [7, 11) is 0. The van der Waals surface area contributed by atoms with E-state index < -0.39 is 0 Å². The third-order valence-electron chi connectivity index (χ3n) is 3.03. The Morgan fingerprint density at radius 1 is 1.36 bits per heavy atom. The van der Waals surface area contributed by atoms with Gasteiger partial charge in [-0.3, -0.25) is 0 Å². The zero-order valence-electron chi connectivity index (χ0n) is 8.06. The Morgan fingerprint density at radius 3 is 2.64 bits per heavy atom. The maximum absolute atomic E-state index is 6.05. The fourth-order valence-corrected chi connectivity index (χ4v) is 2.06. The fraction of sp³-hybridized carbons (Fsp3) is 1.00. The molecule has 0 aliphatic heterocycles. The van der Waals surface area contributed by atoms with Crippen LogP contribution in [0.15, 0.2) is 0 Å². The molecule has 0 bridgehead atoms. The van der Waals surface area contributed by atoms with Crippen molar-refractivity contribution in [3.05, 3.63) is 0 Å². The van der Waals surface area contributed by atoms with Gasteiger partial charge in [-0.15, -0.1) is 0 Å². The summed E-state index contributed by atoms with van der Waals surface area (Å²) in [6.45, 7) is 6.96. The quantitative estimate of drug-likeness (QED) is 0.534. The molecule has 0 saturated heterocycles. The van der Waals surface area contributed by atoms with E-state index in [9.17, 15) is 0 Å². The fourth-order valence-electron chi connectivity index (χ4n) is 2.06. The lowest BCUT2D eigenvalue weighted by Crippen LogP contribution is -2.31. The van der Waals surface area contributed by atoms with Gasteiger partial charge in [-0.1, -0.05) is 27.2 Å². The average molecular weight is 155 g/mol. The molecule has 0 aromatic rings. The van der Waals surface area contributed by atoms with Crippen LogP contribution in [-0.4, -0.2) is 6.04 Å².